The lowest BCUT2D eigenvalue weighted by Gasteiger charge is -2.36. The van der Waals surface area contributed by atoms with Gasteiger partial charge in [-0.3, -0.25) is 0 Å². The number of nitrogens with one attached hydrogen (secondary N) is 1. The molecule has 0 amide bonds. The summed E-state index contributed by atoms with van der Waals surface area (Å²) in [4.78, 5) is 2.32. The second-order valence-corrected chi connectivity index (χ2v) is 12.8. The molecule has 2 aromatic carbocycles. The van der Waals surface area contributed by atoms with Gasteiger partial charge in [0.25, 0.3) is 0 Å². The van der Waals surface area contributed by atoms with Crippen LogP contribution in [0, 0.1) is 0 Å². The molecule has 1 atom stereocenters. The Morgan fingerprint density at radius 1 is 1.03 bits per heavy atom. The predicted molar refractivity (Wildman–Crippen MR) is 132 cm³/mol. The Bertz CT molecular complexity index is 1210. The third-order valence-corrected chi connectivity index (χ3v) is 9.88. The minimum absolute atomic E-state index is 0.103. The monoisotopic (exact) mass is 573 g/mol. The highest BCUT2D eigenvalue weighted by Gasteiger charge is 2.30. The number of hydrogen-bond acceptors (Lipinski definition) is 7. The average molecular weight is 575 g/mol. The van der Waals surface area contributed by atoms with Crippen LogP contribution in [0.4, 0.5) is 5.69 Å². The summed E-state index contributed by atoms with van der Waals surface area (Å²) in [6.07, 6.45) is 1.67. The summed E-state index contributed by atoms with van der Waals surface area (Å²) in [5, 5.41) is 0. The van der Waals surface area contributed by atoms with Gasteiger partial charge in [0.15, 0.2) is 0 Å². The molecule has 1 N–H and O–H groups in total. The van der Waals surface area contributed by atoms with Crippen LogP contribution < -0.4 is 14.4 Å². The summed E-state index contributed by atoms with van der Waals surface area (Å²) in [6.45, 7) is 2.24. The van der Waals surface area contributed by atoms with Crippen LogP contribution in [0.25, 0.3) is 0 Å². The second-order valence-electron chi connectivity index (χ2n) is 8.17. The van der Waals surface area contributed by atoms with E-state index in [0.717, 1.165) is 17.3 Å². The smallest absolute Gasteiger partial charge is 0.243 e. The highest BCUT2D eigenvalue weighted by Crippen LogP contribution is 2.32. The van der Waals surface area contributed by atoms with Crippen molar-refractivity contribution in [2.75, 3.05) is 51.3 Å². The molecule has 0 bridgehead atoms. The van der Waals surface area contributed by atoms with Gasteiger partial charge < -0.3 is 14.4 Å². The lowest BCUT2D eigenvalue weighted by molar-refractivity contribution is 0.114. The van der Waals surface area contributed by atoms with Crippen LogP contribution in [0.2, 0.25) is 0 Å². The van der Waals surface area contributed by atoms with E-state index >= 15 is 0 Å². The molecule has 0 aromatic heterocycles. The minimum atomic E-state index is -3.73. The Hall–Kier alpha value is -1.70. The molecule has 0 spiro atoms. The number of nitrogens with zero attached hydrogens (tertiary/aromatic N) is 2. The highest BCUT2D eigenvalue weighted by atomic mass is 79.9. The highest BCUT2D eigenvalue weighted by molar-refractivity contribution is 9.10. The van der Waals surface area contributed by atoms with Gasteiger partial charge in [0.1, 0.15) is 5.75 Å². The molecule has 34 heavy (non-hydrogen) atoms. The fourth-order valence-electron chi connectivity index (χ4n) is 4.10. The fourth-order valence-corrected chi connectivity index (χ4v) is 6.87. The van der Waals surface area contributed by atoms with E-state index in [0.29, 0.717) is 31.1 Å². The summed E-state index contributed by atoms with van der Waals surface area (Å²) in [5.41, 5.74) is 0.614. The summed E-state index contributed by atoms with van der Waals surface area (Å²) < 4.78 is 67.6. The number of sulfonamides is 2. The number of piperazine rings is 1. The van der Waals surface area contributed by atoms with E-state index in [4.69, 9.17) is 9.47 Å². The van der Waals surface area contributed by atoms with Crippen LogP contribution in [0.3, 0.4) is 0 Å². The first-order chi connectivity index (χ1) is 16.2. The molecule has 2 aliphatic rings. The molecule has 12 heteroatoms. The number of methoxy groups -OCH3 is 1. The van der Waals surface area contributed by atoms with Crippen molar-refractivity contribution in [3.8, 4) is 5.75 Å². The first kappa shape index (κ1) is 25.4. The number of hydrogen-bond donors (Lipinski definition) is 1. The number of rotatable bonds is 8. The van der Waals surface area contributed by atoms with Crippen molar-refractivity contribution >= 4 is 41.7 Å². The summed E-state index contributed by atoms with van der Waals surface area (Å²) >= 11 is 3.32. The van der Waals surface area contributed by atoms with Gasteiger partial charge in [0.2, 0.25) is 20.0 Å². The molecule has 4 rings (SSSR count). The van der Waals surface area contributed by atoms with Crippen molar-refractivity contribution in [2.45, 2.75) is 28.7 Å². The van der Waals surface area contributed by atoms with Crippen LogP contribution in [-0.2, 0) is 24.8 Å². The molecule has 2 aliphatic heterocycles. The third kappa shape index (κ3) is 5.58. The molecule has 2 aromatic rings. The first-order valence-corrected chi connectivity index (χ1v) is 14.7. The predicted octanol–water partition coefficient (Wildman–Crippen LogP) is 2.43. The number of halogens is 1. The zero-order valence-electron chi connectivity index (χ0n) is 18.8. The van der Waals surface area contributed by atoms with Crippen LogP contribution >= 0.6 is 15.9 Å². The Morgan fingerprint density at radius 2 is 1.71 bits per heavy atom. The lowest BCUT2D eigenvalue weighted by atomic mass is 10.2. The SMILES string of the molecule is COc1ccc(S(=O)(=O)NC[C@@H]2CCCO2)cc1N1CCN(S(=O)(=O)c2ccc(Br)cc2)CC1. The quantitative estimate of drug-likeness (QED) is 0.517. The van der Waals surface area contributed by atoms with Crippen molar-refractivity contribution in [2.24, 2.45) is 0 Å². The van der Waals surface area contributed by atoms with Gasteiger partial charge in [-0.25, -0.2) is 21.6 Å². The average Bonchev–Trinajstić information content (AvgIpc) is 3.37. The van der Waals surface area contributed by atoms with E-state index in [1.165, 1.54) is 17.5 Å². The summed E-state index contributed by atoms with van der Waals surface area (Å²) in [7, 11) is -5.82. The Morgan fingerprint density at radius 3 is 2.32 bits per heavy atom. The molecule has 0 radical (unpaired) electrons. The molecule has 2 heterocycles. The zero-order chi connectivity index (χ0) is 24.3. The molecule has 186 valence electrons. The maximum atomic E-state index is 13.0. The van der Waals surface area contributed by atoms with E-state index in [2.05, 4.69) is 20.7 Å². The van der Waals surface area contributed by atoms with Gasteiger partial charge in [-0.15, -0.1) is 0 Å². The molecular formula is C22H28BrN3O6S2. The topological polar surface area (TPSA) is 105 Å². The van der Waals surface area contributed by atoms with Gasteiger partial charge in [-0.2, -0.15) is 4.31 Å². The maximum absolute atomic E-state index is 13.0. The number of anilines is 1. The van der Waals surface area contributed by atoms with Crippen LogP contribution in [0.15, 0.2) is 56.7 Å². The van der Waals surface area contributed by atoms with Gasteiger partial charge in [0.05, 0.1) is 28.7 Å². The molecular weight excluding hydrogens is 546 g/mol. The lowest BCUT2D eigenvalue weighted by Crippen LogP contribution is -2.48. The zero-order valence-corrected chi connectivity index (χ0v) is 22.0. The summed E-state index contributed by atoms with van der Waals surface area (Å²) in [6, 6.07) is 11.3. The van der Waals surface area contributed by atoms with Crippen molar-refractivity contribution in [1.29, 1.82) is 0 Å². The first-order valence-electron chi connectivity index (χ1n) is 11.0. The molecule has 2 saturated heterocycles. The minimum Gasteiger partial charge on any atom is -0.495 e. The third-order valence-electron chi connectivity index (χ3n) is 6.02. The number of benzene rings is 2. The Labute approximate surface area is 209 Å². The Kier molecular flexibility index (Phi) is 7.85. The standard InChI is InChI=1S/C22H28BrN3O6S2/c1-31-22-9-8-20(33(27,28)24-16-18-3-2-14-32-18)15-21(22)25-10-12-26(13-11-25)34(29,30)19-6-4-17(23)5-7-19/h4-9,15,18,24H,2-3,10-14,16H2,1H3/t18-/m0/s1. The molecule has 0 aliphatic carbocycles. The Balaban J connectivity index is 1.48. The van der Waals surface area contributed by atoms with E-state index in [-0.39, 0.29) is 35.5 Å². The molecule has 9 nitrogen and oxygen atoms in total. The number of ether oxygens (including phenoxy) is 2. The van der Waals surface area contributed by atoms with Crippen molar-refractivity contribution in [1.82, 2.24) is 9.03 Å². The molecule has 0 unspecified atom stereocenters. The van der Waals surface area contributed by atoms with E-state index < -0.39 is 20.0 Å². The largest absolute Gasteiger partial charge is 0.495 e. The molecule has 0 saturated carbocycles. The van der Waals surface area contributed by atoms with Crippen LogP contribution in [0.1, 0.15) is 12.8 Å². The maximum Gasteiger partial charge on any atom is 0.243 e. The van der Waals surface area contributed by atoms with Crippen LogP contribution in [0.5, 0.6) is 5.75 Å². The summed E-state index contributed by atoms with van der Waals surface area (Å²) in [5.74, 6) is 0.530. The van der Waals surface area contributed by atoms with Crippen molar-refractivity contribution < 1.29 is 26.3 Å². The van der Waals surface area contributed by atoms with E-state index in [9.17, 15) is 16.8 Å². The molecule has 2 fully saturated rings. The van der Waals surface area contributed by atoms with E-state index in [1.807, 2.05) is 4.90 Å². The normalized spacial score (nSPS) is 19.9. The van der Waals surface area contributed by atoms with Crippen molar-refractivity contribution in [3.05, 3.63) is 46.9 Å². The van der Waals surface area contributed by atoms with Gasteiger partial charge >= 0.3 is 0 Å². The van der Waals surface area contributed by atoms with Gasteiger partial charge in [0, 0.05) is 43.8 Å². The van der Waals surface area contributed by atoms with Gasteiger partial charge in [-0.05, 0) is 55.3 Å². The second kappa shape index (κ2) is 10.5. The van der Waals surface area contributed by atoms with Crippen molar-refractivity contribution in [3.63, 3.8) is 0 Å². The van der Waals surface area contributed by atoms with Gasteiger partial charge in [-0.1, -0.05) is 15.9 Å². The fraction of sp³-hybridized carbons (Fsp3) is 0.455. The van der Waals surface area contributed by atoms with Crippen LogP contribution in [-0.4, -0.2) is 73.7 Å². The van der Waals surface area contributed by atoms with E-state index in [1.54, 1.807) is 36.4 Å².